The minimum atomic E-state index is -0.185. The average Bonchev–Trinajstić information content (AvgIpc) is 3.39. The van der Waals surface area contributed by atoms with Crippen molar-refractivity contribution in [2.24, 2.45) is 0 Å². The number of thiophene rings is 1. The molecule has 0 aliphatic rings. The molecule has 1 amide bonds. The number of rotatable bonds is 7. The Labute approximate surface area is 187 Å². The first kappa shape index (κ1) is 20.5. The molecule has 2 aromatic heterocycles. The molecule has 0 radical (unpaired) electrons. The monoisotopic (exact) mass is 457 g/mol. The molecule has 4 aromatic rings. The van der Waals surface area contributed by atoms with E-state index in [-0.39, 0.29) is 5.91 Å². The van der Waals surface area contributed by atoms with Crippen molar-refractivity contribution >= 4 is 46.1 Å². The van der Waals surface area contributed by atoms with Crippen molar-refractivity contribution in [1.82, 2.24) is 9.78 Å². The van der Waals surface area contributed by atoms with Crippen LogP contribution in [-0.4, -0.2) is 15.7 Å². The molecule has 0 saturated heterocycles. The molecular formula is C22H17Cl2N3O2S. The third-order valence-corrected chi connectivity index (χ3v) is 5.80. The Morgan fingerprint density at radius 3 is 2.70 bits per heavy atom. The van der Waals surface area contributed by atoms with Gasteiger partial charge in [0.05, 0.1) is 28.3 Å². The molecule has 0 unspecified atom stereocenters. The van der Waals surface area contributed by atoms with Crippen molar-refractivity contribution in [1.29, 1.82) is 0 Å². The summed E-state index contributed by atoms with van der Waals surface area (Å²) in [6.45, 7) is 0.933. The first-order chi connectivity index (χ1) is 14.6. The van der Waals surface area contributed by atoms with E-state index in [1.165, 1.54) is 11.3 Å². The van der Waals surface area contributed by atoms with Crippen molar-refractivity contribution < 1.29 is 9.53 Å². The number of anilines is 1. The van der Waals surface area contributed by atoms with Crippen LogP contribution in [0.15, 0.2) is 72.4 Å². The Morgan fingerprint density at radius 2 is 1.90 bits per heavy atom. The SMILES string of the molecule is O=C(Nc1cnn(Cc2ccc(Cl)cc2)c1)c1cc(COc2ccccc2Cl)cs1. The molecule has 0 bridgehead atoms. The highest BCUT2D eigenvalue weighted by molar-refractivity contribution is 7.12. The lowest BCUT2D eigenvalue weighted by Gasteiger charge is -2.06. The minimum absolute atomic E-state index is 0.185. The number of halogens is 2. The van der Waals surface area contributed by atoms with Crippen LogP contribution in [0.5, 0.6) is 5.75 Å². The van der Waals surface area contributed by atoms with Crippen LogP contribution in [0.25, 0.3) is 0 Å². The quantitative estimate of drug-likeness (QED) is 0.363. The minimum Gasteiger partial charge on any atom is -0.487 e. The second kappa shape index (κ2) is 9.34. The molecule has 1 N–H and O–H groups in total. The van der Waals surface area contributed by atoms with Crippen LogP contribution in [0.3, 0.4) is 0 Å². The van der Waals surface area contributed by atoms with E-state index in [9.17, 15) is 4.79 Å². The highest BCUT2D eigenvalue weighted by atomic mass is 35.5. The molecule has 0 aliphatic carbocycles. The fourth-order valence-electron chi connectivity index (χ4n) is 2.78. The van der Waals surface area contributed by atoms with Crippen molar-refractivity contribution in [2.75, 3.05) is 5.32 Å². The summed E-state index contributed by atoms with van der Waals surface area (Å²) in [6, 6.07) is 16.7. The Hall–Kier alpha value is -2.80. The summed E-state index contributed by atoms with van der Waals surface area (Å²) in [5.41, 5.74) is 2.61. The van der Waals surface area contributed by atoms with E-state index in [0.29, 0.717) is 39.5 Å². The first-order valence-electron chi connectivity index (χ1n) is 9.10. The van der Waals surface area contributed by atoms with Gasteiger partial charge in [0.2, 0.25) is 0 Å². The van der Waals surface area contributed by atoms with E-state index in [4.69, 9.17) is 27.9 Å². The highest BCUT2D eigenvalue weighted by Gasteiger charge is 2.12. The van der Waals surface area contributed by atoms with Gasteiger partial charge < -0.3 is 10.1 Å². The van der Waals surface area contributed by atoms with Crippen LogP contribution in [0.4, 0.5) is 5.69 Å². The zero-order valence-electron chi connectivity index (χ0n) is 15.7. The van der Waals surface area contributed by atoms with Crippen LogP contribution in [-0.2, 0) is 13.2 Å². The second-order valence-electron chi connectivity index (χ2n) is 6.55. The molecular weight excluding hydrogens is 441 g/mol. The van der Waals surface area contributed by atoms with E-state index in [2.05, 4.69) is 10.4 Å². The van der Waals surface area contributed by atoms with Gasteiger partial charge in [0, 0.05) is 16.8 Å². The van der Waals surface area contributed by atoms with Crippen molar-refractivity contribution in [3.63, 3.8) is 0 Å². The lowest BCUT2D eigenvalue weighted by Crippen LogP contribution is -2.09. The van der Waals surface area contributed by atoms with Crippen LogP contribution < -0.4 is 10.1 Å². The van der Waals surface area contributed by atoms with Crippen LogP contribution >= 0.6 is 34.5 Å². The normalized spacial score (nSPS) is 10.7. The number of carbonyl (C=O) groups excluding carboxylic acids is 1. The molecule has 5 nitrogen and oxygen atoms in total. The van der Waals surface area contributed by atoms with Crippen molar-refractivity contribution in [3.05, 3.63) is 98.4 Å². The van der Waals surface area contributed by atoms with Gasteiger partial charge in [-0.3, -0.25) is 9.48 Å². The summed E-state index contributed by atoms with van der Waals surface area (Å²) in [5, 5.41) is 10.3. The maximum absolute atomic E-state index is 12.5. The van der Waals surface area contributed by atoms with Gasteiger partial charge in [-0.25, -0.2) is 0 Å². The lowest BCUT2D eigenvalue weighted by molar-refractivity contribution is 0.103. The summed E-state index contributed by atoms with van der Waals surface area (Å²) >= 11 is 13.4. The van der Waals surface area contributed by atoms with Gasteiger partial charge in [-0.2, -0.15) is 5.10 Å². The van der Waals surface area contributed by atoms with Crippen LogP contribution in [0.1, 0.15) is 20.8 Å². The Morgan fingerprint density at radius 1 is 1.10 bits per heavy atom. The predicted octanol–water partition coefficient (Wildman–Crippen LogP) is 6.13. The molecule has 2 heterocycles. The number of amides is 1. The number of nitrogens with zero attached hydrogens (tertiary/aromatic N) is 2. The number of hydrogen-bond donors (Lipinski definition) is 1. The second-order valence-corrected chi connectivity index (χ2v) is 8.30. The molecule has 152 valence electrons. The third kappa shape index (κ3) is 5.21. The van der Waals surface area contributed by atoms with Crippen LogP contribution in [0.2, 0.25) is 10.0 Å². The molecule has 8 heteroatoms. The number of carbonyl (C=O) groups is 1. The molecule has 30 heavy (non-hydrogen) atoms. The fourth-order valence-corrected chi connectivity index (χ4v) is 3.89. The number of para-hydroxylation sites is 1. The molecule has 2 aromatic carbocycles. The average molecular weight is 458 g/mol. The Kier molecular flexibility index (Phi) is 6.38. The summed E-state index contributed by atoms with van der Waals surface area (Å²) in [7, 11) is 0. The molecule has 4 rings (SSSR count). The molecule has 0 fully saturated rings. The lowest BCUT2D eigenvalue weighted by atomic mass is 10.2. The van der Waals surface area contributed by atoms with Gasteiger partial charge in [0.1, 0.15) is 12.4 Å². The van der Waals surface area contributed by atoms with E-state index in [1.54, 1.807) is 23.1 Å². The third-order valence-electron chi connectivity index (χ3n) is 4.26. The molecule has 0 atom stereocenters. The van der Waals surface area contributed by atoms with Gasteiger partial charge in [0.25, 0.3) is 5.91 Å². The van der Waals surface area contributed by atoms with Crippen molar-refractivity contribution in [3.8, 4) is 5.75 Å². The molecule has 0 aliphatic heterocycles. The number of benzene rings is 2. The summed E-state index contributed by atoms with van der Waals surface area (Å²) in [5.74, 6) is 0.430. The largest absolute Gasteiger partial charge is 0.487 e. The topological polar surface area (TPSA) is 56.2 Å². The Bertz CT molecular complexity index is 1160. The van der Waals surface area contributed by atoms with Crippen LogP contribution in [0, 0.1) is 0 Å². The van der Waals surface area contributed by atoms with Gasteiger partial charge in [0.15, 0.2) is 0 Å². The van der Waals surface area contributed by atoms with Gasteiger partial charge in [-0.15, -0.1) is 11.3 Å². The van der Waals surface area contributed by atoms with Gasteiger partial charge >= 0.3 is 0 Å². The fraction of sp³-hybridized carbons (Fsp3) is 0.0909. The van der Waals surface area contributed by atoms with E-state index in [1.807, 2.05) is 53.9 Å². The number of hydrogen-bond acceptors (Lipinski definition) is 4. The smallest absolute Gasteiger partial charge is 0.265 e. The zero-order valence-corrected chi connectivity index (χ0v) is 18.0. The number of ether oxygens (including phenoxy) is 1. The first-order valence-corrected chi connectivity index (χ1v) is 10.7. The van der Waals surface area contributed by atoms with Gasteiger partial charge in [-0.05, 0) is 41.3 Å². The van der Waals surface area contributed by atoms with Gasteiger partial charge in [-0.1, -0.05) is 47.5 Å². The summed E-state index contributed by atoms with van der Waals surface area (Å²) in [4.78, 5) is 13.1. The number of aromatic nitrogens is 2. The predicted molar refractivity (Wildman–Crippen MR) is 121 cm³/mol. The van der Waals surface area contributed by atoms with E-state index in [0.717, 1.165) is 11.1 Å². The number of nitrogens with one attached hydrogen (secondary N) is 1. The molecule has 0 saturated carbocycles. The van der Waals surface area contributed by atoms with E-state index < -0.39 is 0 Å². The zero-order chi connectivity index (χ0) is 20.9. The van der Waals surface area contributed by atoms with E-state index >= 15 is 0 Å². The highest BCUT2D eigenvalue weighted by Crippen LogP contribution is 2.25. The Balaban J connectivity index is 1.34. The van der Waals surface area contributed by atoms with Crippen molar-refractivity contribution in [2.45, 2.75) is 13.2 Å². The standard InChI is InChI=1S/C22H17Cl2N3O2S/c23-17-7-5-15(6-8-17)11-27-12-18(10-25-27)26-22(28)21-9-16(14-30-21)13-29-20-4-2-1-3-19(20)24/h1-10,12,14H,11,13H2,(H,26,28). The molecule has 0 spiro atoms. The maximum atomic E-state index is 12.5. The summed E-state index contributed by atoms with van der Waals surface area (Å²) < 4.78 is 7.48. The maximum Gasteiger partial charge on any atom is 0.265 e. The summed E-state index contributed by atoms with van der Waals surface area (Å²) in [6.07, 6.45) is 3.42.